The van der Waals surface area contributed by atoms with E-state index in [-0.39, 0.29) is 0 Å². The first-order valence-electron chi connectivity index (χ1n) is 10.7. The predicted octanol–water partition coefficient (Wildman–Crippen LogP) is 5.44. The van der Waals surface area contributed by atoms with Crippen molar-refractivity contribution in [1.82, 2.24) is 14.5 Å². The number of imidazole rings is 1. The van der Waals surface area contributed by atoms with Gasteiger partial charge in [-0.15, -0.1) is 0 Å². The lowest BCUT2D eigenvalue weighted by Gasteiger charge is -2.27. The van der Waals surface area contributed by atoms with Gasteiger partial charge < -0.3 is 9.30 Å². The van der Waals surface area contributed by atoms with Gasteiger partial charge in [-0.1, -0.05) is 43.2 Å². The van der Waals surface area contributed by atoms with Crippen LogP contribution in [0.4, 0.5) is 0 Å². The Balaban J connectivity index is 1.49. The fraction of sp³-hybridized carbons (Fsp3) is 0.458. The molecule has 1 fully saturated rings. The molecule has 4 rings (SSSR count). The van der Waals surface area contributed by atoms with Crippen molar-refractivity contribution in [2.24, 2.45) is 0 Å². The van der Waals surface area contributed by atoms with Crippen molar-refractivity contribution in [1.29, 1.82) is 0 Å². The summed E-state index contributed by atoms with van der Waals surface area (Å²) in [6.07, 6.45) is 6.28. The molecule has 1 atom stereocenters. The van der Waals surface area contributed by atoms with Gasteiger partial charge in [0.05, 0.1) is 23.7 Å². The molecule has 4 heteroatoms. The van der Waals surface area contributed by atoms with Crippen molar-refractivity contribution in [3.8, 4) is 5.75 Å². The van der Waals surface area contributed by atoms with Gasteiger partial charge in [0.25, 0.3) is 0 Å². The third-order valence-corrected chi connectivity index (χ3v) is 5.78. The highest BCUT2D eigenvalue weighted by Gasteiger charge is 2.23. The number of nitrogens with zero attached hydrogens (tertiary/aromatic N) is 3. The summed E-state index contributed by atoms with van der Waals surface area (Å²) in [5.41, 5.74) is 2.34. The minimum atomic E-state index is 0.348. The van der Waals surface area contributed by atoms with E-state index in [9.17, 15) is 0 Å². The molecule has 3 aromatic rings. The van der Waals surface area contributed by atoms with Crippen LogP contribution < -0.4 is 4.74 Å². The maximum Gasteiger partial charge on any atom is 0.127 e. The van der Waals surface area contributed by atoms with Crippen LogP contribution in [0.1, 0.15) is 50.9 Å². The topological polar surface area (TPSA) is 30.3 Å². The predicted molar refractivity (Wildman–Crippen MR) is 115 cm³/mol. The summed E-state index contributed by atoms with van der Waals surface area (Å²) < 4.78 is 8.32. The van der Waals surface area contributed by atoms with Gasteiger partial charge in [-0.2, -0.15) is 0 Å². The molecule has 148 valence electrons. The standard InChI is InChI=1S/C24H31N3O/c1-20(26-16-9-2-3-10-17-26)24-25-22-14-7-8-15-23(22)27(24)18-11-19-28-21-12-5-4-6-13-21/h4-8,12-15,20H,2-3,9-11,16-19H2,1H3. The van der Waals surface area contributed by atoms with E-state index in [1.807, 2.05) is 30.3 Å². The van der Waals surface area contributed by atoms with E-state index < -0.39 is 0 Å². The maximum atomic E-state index is 5.91. The highest BCUT2D eigenvalue weighted by molar-refractivity contribution is 5.76. The van der Waals surface area contributed by atoms with Crippen molar-refractivity contribution < 1.29 is 4.74 Å². The Bertz CT molecular complexity index is 866. The summed E-state index contributed by atoms with van der Waals surface area (Å²) in [5, 5.41) is 0. The van der Waals surface area contributed by atoms with Gasteiger partial charge in [-0.05, 0) is 63.5 Å². The summed E-state index contributed by atoms with van der Waals surface area (Å²) in [4.78, 5) is 7.65. The Labute approximate surface area is 168 Å². The summed E-state index contributed by atoms with van der Waals surface area (Å²) in [6, 6.07) is 18.9. The van der Waals surface area contributed by atoms with Crippen LogP contribution in [0.15, 0.2) is 54.6 Å². The Kier molecular flexibility index (Phi) is 6.27. The van der Waals surface area contributed by atoms with Crippen LogP contribution in [0.5, 0.6) is 5.75 Å². The second-order valence-corrected chi connectivity index (χ2v) is 7.75. The van der Waals surface area contributed by atoms with Crippen LogP contribution in [0, 0.1) is 0 Å². The molecule has 0 spiro atoms. The molecule has 0 amide bonds. The third kappa shape index (κ3) is 4.39. The van der Waals surface area contributed by atoms with E-state index in [0.29, 0.717) is 12.6 Å². The Morgan fingerprint density at radius 2 is 1.64 bits per heavy atom. The zero-order chi connectivity index (χ0) is 19.2. The average molecular weight is 378 g/mol. The molecule has 1 aliphatic rings. The molecule has 0 bridgehead atoms. The van der Waals surface area contributed by atoms with E-state index in [1.165, 1.54) is 50.1 Å². The van der Waals surface area contributed by atoms with Gasteiger partial charge in [-0.25, -0.2) is 4.98 Å². The fourth-order valence-corrected chi connectivity index (χ4v) is 4.22. The number of rotatable bonds is 7. The van der Waals surface area contributed by atoms with Crippen LogP contribution in [-0.2, 0) is 6.54 Å². The number of benzene rings is 2. The van der Waals surface area contributed by atoms with Crippen LogP contribution >= 0.6 is 0 Å². The first-order chi connectivity index (χ1) is 13.8. The van der Waals surface area contributed by atoms with E-state index in [1.54, 1.807) is 0 Å². The number of aryl methyl sites for hydroxylation is 1. The van der Waals surface area contributed by atoms with E-state index in [0.717, 1.165) is 24.2 Å². The lowest BCUT2D eigenvalue weighted by Crippen LogP contribution is -2.30. The Morgan fingerprint density at radius 3 is 2.43 bits per heavy atom. The molecule has 0 saturated carbocycles. The molecule has 1 aromatic heterocycles. The first-order valence-corrected chi connectivity index (χ1v) is 10.7. The molecule has 1 unspecified atom stereocenters. The molecule has 1 aliphatic heterocycles. The maximum absolute atomic E-state index is 5.91. The summed E-state index contributed by atoms with van der Waals surface area (Å²) in [7, 11) is 0. The van der Waals surface area contributed by atoms with Gasteiger partial charge in [0.15, 0.2) is 0 Å². The van der Waals surface area contributed by atoms with Crippen LogP contribution in [0.25, 0.3) is 11.0 Å². The smallest absolute Gasteiger partial charge is 0.127 e. The van der Waals surface area contributed by atoms with Gasteiger partial charge >= 0.3 is 0 Å². The number of para-hydroxylation sites is 3. The van der Waals surface area contributed by atoms with Crippen molar-refractivity contribution in [3.05, 3.63) is 60.4 Å². The highest BCUT2D eigenvalue weighted by Crippen LogP contribution is 2.27. The minimum Gasteiger partial charge on any atom is -0.494 e. The summed E-state index contributed by atoms with van der Waals surface area (Å²) in [6.45, 7) is 6.33. The molecule has 0 N–H and O–H groups in total. The number of ether oxygens (including phenoxy) is 1. The first kappa shape index (κ1) is 19.0. The van der Waals surface area contributed by atoms with Gasteiger partial charge in [0.2, 0.25) is 0 Å². The zero-order valence-electron chi connectivity index (χ0n) is 16.9. The quantitative estimate of drug-likeness (QED) is 0.513. The number of aromatic nitrogens is 2. The Hall–Kier alpha value is -2.33. The minimum absolute atomic E-state index is 0.348. The van der Waals surface area contributed by atoms with Crippen molar-refractivity contribution in [3.63, 3.8) is 0 Å². The Morgan fingerprint density at radius 1 is 0.929 bits per heavy atom. The molecular weight excluding hydrogens is 346 g/mol. The lowest BCUT2D eigenvalue weighted by atomic mass is 10.2. The molecule has 28 heavy (non-hydrogen) atoms. The lowest BCUT2D eigenvalue weighted by molar-refractivity contribution is 0.206. The second-order valence-electron chi connectivity index (χ2n) is 7.75. The summed E-state index contributed by atoms with van der Waals surface area (Å²) >= 11 is 0. The third-order valence-electron chi connectivity index (χ3n) is 5.78. The number of fused-ring (bicyclic) bond motifs is 1. The molecular formula is C24H31N3O. The van der Waals surface area contributed by atoms with Crippen LogP contribution in [-0.4, -0.2) is 34.1 Å². The highest BCUT2D eigenvalue weighted by atomic mass is 16.5. The second kappa shape index (κ2) is 9.24. The zero-order valence-corrected chi connectivity index (χ0v) is 16.9. The van der Waals surface area contributed by atoms with Gasteiger partial charge in [0.1, 0.15) is 11.6 Å². The van der Waals surface area contributed by atoms with E-state index in [4.69, 9.17) is 9.72 Å². The fourth-order valence-electron chi connectivity index (χ4n) is 4.22. The van der Waals surface area contributed by atoms with Crippen molar-refractivity contribution in [2.45, 2.75) is 51.6 Å². The number of hydrogen-bond donors (Lipinski definition) is 0. The molecule has 0 aliphatic carbocycles. The van der Waals surface area contributed by atoms with E-state index in [2.05, 4.69) is 40.7 Å². The number of hydrogen-bond acceptors (Lipinski definition) is 3. The van der Waals surface area contributed by atoms with Crippen molar-refractivity contribution >= 4 is 11.0 Å². The normalized spacial score (nSPS) is 16.8. The van der Waals surface area contributed by atoms with Crippen LogP contribution in [0.3, 0.4) is 0 Å². The van der Waals surface area contributed by atoms with Gasteiger partial charge in [-0.3, -0.25) is 4.90 Å². The largest absolute Gasteiger partial charge is 0.494 e. The molecule has 2 aromatic carbocycles. The molecule has 4 nitrogen and oxygen atoms in total. The molecule has 1 saturated heterocycles. The monoisotopic (exact) mass is 377 g/mol. The number of likely N-dealkylation sites (tertiary alicyclic amines) is 1. The van der Waals surface area contributed by atoms with Crippen molar-refractivity contribution in [2.75, 3.05) is 19.7 Å². The van der Waals surface area contributed by atoms with E-state index >= 15 is 0 Å². The average Bonchev–Trinajstić information content (AvgIpc) is 2.90. The van der Waals surface area contributed by atoms with Crippen LogP contribution in [0.2, 0.25) is 0 Å². The SMILES string of the molecule is CC(c1nc2ccccc2n1CCCOc1ccccc1)N1CCCCCC1. The molecule has 2 heterocycles. The summed E-state index contributed by atoms with van der Waals surface area (Å²) in [5.74, 6) is 2.14. The van der Waals surface area contributed by atoms with Gasteiger partial charge in [0, 0.05) is 6.54 Å². The molecule has 0 radical (unpaired) electrons.